The molecule has 0 fully saturated rings. The summed E-state index contributed by atoms with van der Waals surface area (Å²) in [6.07, 6.45) is 1.06. The van der Waals surface area contributed by atoms with Gasteiger partial charge in [-0.25, -0.2) is 4.98 Å². The smallest absolute Gasteiger partial charge is 0.264 e. The van der Waals surface area contributed by atoms with Crippen LogP contribution in [-0.4, -0.2) is 30.2 Å². The lowest BCUT2D eigenvalue weighted by Crippen LogP contribution is -2.34. The fourth-order valence-electron chi connectivity index (χ4n) is 3.89. The Bertz CT molecular complexity index is 1410. The maximum Gasteiger partial charge on any atom is 0.264 e. The van der Waals surface area contributed by atoms with Crippen LogP contribution in [-0.2, 0) is 0 Å². The van der Waals surface area contributed by atoms with Gasteiger partial charge >= 0.3 is 0 Å². The molecule has 0 radical (unpaired) electrons. The number of ether oxygens (including phenoxy) is 2. The highest BCUT2D eigenvalue weighted by molar-refractivity contribution is 7.80. The summed E-state index contributed by atoms with van der Waals surface area (Å²) in [5.74, 6) is 1.31. The summed E-state index contributed by atoms with van der Waals surface area (Å²) in [4.78, 5) is 17.7. The van der Waals surface area contributed by atoms with Crippen molar-refractivity contribution in [3.63, 3.8) is 0 Å². The van der Waals surface area contributed by atoms with E-state index >= 15 is 0 Å². The highest BCUT2D eigenvalue weighted by atomic mass is 32.1. The van der Waals surface area contributed by atoms with E-state index in [9.17, 15) is 4.79 Å². The van der Waals surface area contributed by atoms with Gasteiger partial charge in [0.1, 0.15) is 22.6 Å². The van der Waals surface area contributed by atoms with Crippen molar-refractivity contribution in [1.82, 2.24) is 10.3 Å². The molecule has 186 valence electrons. The van der Waals surface area contributed by atoms with Crippen molar-refractivity contribution >= 4 is 40.0 Å². The first kappa shape index (κ1) is 25.2. The molecule has 0 saturated heterocycles. The second-order valence-corrected chi connectivity index (χ2v) is 8.94. The van der Waals surface area contributed by atoms with Crippen molar-refractivity contribution in [2.75, 3.05) is 19.5 Å². The molecule has 0 unspecified atom stereocenters. The molecule has 0 aliphatic carbocycles. The largest absolute Gasteiger partial charge is 0.496 e. The van der Waals surface area contributed by atoms with Gasteiger partial charge in [0.25, 0.3) is 5.91 Å². The molecule has 4 aromatic rings. The minimum atomic E-state index is -0.438. The van der Waals surface area contributed by atoms with Crippen LogP contribution in [0.1, 0.15) is 47.7 Å². The quantitative estimate of drug-likeness (QED) is 0.280. The van der Waals surface area contributed by atoms with Crippen molar-refractivity contribution in [2.45, 2.75) is 33.1 Å². The van der Waals surface area contributed by atoms with Crippen molar-refractivity contribution in [1.29, 1.82) is 0 Å². The molecule has 0 saturated carbocycles. The zero-order valence-corrected chi connectivity index (χ0v) is 21.8. The van der Waals surface area contributed by atoms with E-state index in [-0.39, 0.29) is 10.7 Å². The van der Waals surface area contributed by atoms with E-state index in [0.717, 1.165) is 34.3 Å². The molecular weight excluding hydrogens is 474 g/mol. The molecule has 36 heavy (non-hydrogen) atoms. The lowest BCUT2D eigenvalue weighted by atomic mass is 9.98. The number of aromatic nitrogens is 1. The Morgan fingerprint density at radius 2 is 1.81 bits per heavy atom. The predicted octanol–water partition coefficient (Wildman–Crippen LogP) is 6.46. The van der Waals surface area contributed by atoms with Crippen LogP contribution in [0.25, 0.3) is 22.6 Å². The fraction of sp³-hybridized carbons (Fsp3) is 0.250. The highest BCUT2D eigenvalue weighted by Crippen LogP contribution is 2.31. The Morgan fingerprint density at radius 1 is 1.08 bits per heavy atom. The number of rotatable bonds is 7. The van der Waals surface area contributed by atoms with Gasteiger partial charge in [-0.1, -0.05) is 32.0 Å². The fourth-order valence-corrected chi connectivity index (χ4v) is 4.10. The Morgan fingerprint density at radius 3 is 2.47 bits per heavy atom. The van der Waals surface area contributed by atoms with Gasteiger partial charge in [-0.15, -0.1) is 0 Å². The van der Waals surface area contributed by atoms with Crippen molar-refractivity contribution in [3.8, 4) is 23.0 Å². The summed E-state index contributed by atoms with van der Waals surface area (Å²) in [6.45, 7) is 6.32. The van der Waals surface area contributed by atoms with Gasteiger partial charge < -0.3 is 19.2 Å². The molecule has 1 amide bonds. The first-order valence-corrected chi connectivity index (χ1v) is 12.1. The lowest BCUT2D eigenvalue weighted by molar-refractivity contribution is 0.0971. The number of carbonyl (C=O) groups is 1. The van der Waals surface area contributed by atoms with Crippen molar-refractivity contribution < 1.29 is 18.7 Å². The standard InChI is InChI=1S/C28H29N3O4S/c1-6-16(2)18-12-13-22-21(14-18)29-27(35-22)19-11-10-17(3)20(15-19)30-28(36)31-26(32)25-23(33-4)8-7-9-24(25)34-5/h7-16H,6H2,1-5H3,(H2,30,31,32,36)/t16-/m1/s1. The number of methoxy groups -OCH3 is 2. The Labute approximate surface area is 215 Å². The molecule has 0 bridgehead atoms. The topological polar surface area (TPSA) is 85.6 Å². The number of nitrogens with zero attached hydrogens (tertiary/aromatic N) is 1. The number of anilines is 1. The molecule has 4 rings (SSSR count). The van der Waals surface area contributed by atoms with Gasteiger partial charge in [0.05, 0.1) is 14.2 Å². The summed E-state index contributed by atoms with van der Waals surface area (Å²) in [6, 6.07) is 17.1. The number of benzene rings is 3. The summed E-state index contributed by atoms with van der Waals surface area (Å²) in [7, 11) is 2.99. The normalized spacial score (nSPS) is 11.7. The number of nitrogens with one attached hydrogen (secondary N) is 2. The van der Waals surface area contributed by atoms with E-state index in [0.29, 0.717) is 23.3 Å². The van der Waals surface area contributed by atoms with Gasteiger partial charge in [-0.3, -0.25) is 10.1 Å². The zero-order valence-electron chi connectivity index (χ0n) is 21.0. The minimum absolute atomic E-state index is 0.143. The van der Waals surface area contributed by atoms with Crippen LogP contribution in [0.2, 0.25) is 0 Å². The van der Waals surface area contributed by atoms with Gasteiger partial charge in [0.15, 0.2) is 10.7 Å². The summed E-state index contributed by atoms with van der Waals surface area (Å²) in [5, 5.41) is 5.96. The van der Waals surface area contributed by atoms with Gasteiger partial charge in [-0.05, 0) is 79.0 Å². The monoisotopic (exact) mass is 503 g/mol. The van der Waals surface area contributed by atoms with Gasteiger partial charge in [0, 0.05) is 11.3 Å². The molecule has 1 heterocycles. The van der Waals surface area contributed by atoms with Gasteiger partial charge in [-0.2, -0.15) is 0 Å². The number of hydrogen-bond acceptors (Lipinski definition) is 6. The maximum atomic E-state index is 13.0. The average Bonchev–Trinajstić information content (AvgIpc) is 3.32. The number of amides is 1. The summed E-state index contributed by atoms with van der Waals surface area (Å²) in [5.41, 5.74) is 5.54. The van der Waals surface area contributed by atoms with E-state index in [4.69, 9.17) is 31.1 Å². The molecule has 1 aromatic heterocycles. The first-order valence-electron chi connectivity index (χ1n) is 11.7. The van der Waals surface area contributed by atoms with Crippen LogP contribution in [0.5, 0.6) is 11.5 Å². The molecular formula is C28H29N3O4S. The van der Waals surface area contributed by atoms with Crippen LogP contribution in [0.4, 0.5) is 5.69 Å². The van der Waals surface area contributed by atoms with Crippen molar-refractivity contribution in [3.05, 3.63) is 71.3 Å². The van der Waals surface area contributed by atoms with Crippen LogP contribution in [0.3, 0.4) is 0 Å². The molecule has 7 nitrogen and oxygen atoms in total. The van der Waals surface area contributed by atoms with Crippen LogP contribution in [0, 0.1) is 6.92 Å². The number of thiocarbonyl (C=S) groups is 1. The lowest BCUT2D eigenvalue weighted by Gasteiger charge is -2.15. The summed E-state index contributed by atoms with van der Waals surface area (Å²) < 4.78 is 16.7. The SMILES string of the molecule is CC[C@@H](C)c1ccc2oc(-c3ccc(C)c(NC(=S)NC(=O)c4c(OC)cccc4OC)c3)nc2c1. The third kappa shape index (κ3) is 5.18. The van der Waals surface area contributed by atoms with E-state index < -0.39 is 5.91 Å². The van der Waals surface area contributed by atoms with E-state index in [2.05, 4.69) is 36.6 Å². The number of carbonyl (C=O) groups excluding carboxylic acids is 1. The molecule has 1 atom stereocenters. The summed E-state index contributed by atoms with van der Waals surface area (Å²) >= 11 is 5.43. The van der Waals surface area contributed by atoms with Crippen molar-refractivity contribution in [2.24, 2.45) is 0 Å². The highest BCUT2D eigenvalue weighted by Gasteiger charge is 2.20. The average molecular weight is 504 g/mol. The third-order valence-electron chi connectivity index (χ3n) is 6.21. The Balaban J connectivity index is 1.55. The number of aryl methyl sites for hydroxylation is 1. The number of oxazole rings is 1. The second-order valence-electron chi connectivity index (χ2n) is 8.53. The van der Waals surface area contributed by atoms with E-state index in [1.54, 1.807) is 18.2 Å². The third-order valence-corrected chi connectivity index (χ3v) is 6.41. The molecule has 0 aliphatic heterocycles. The van der Waals surface area contributed by atoms with Crippen LogP contribution >= 0.6 is 12.2 Å². The minimum Gasteiger partial charge on any atom is -0.496 e. The molecule has 0 aliphatic rings. The molecule has 8 heteroatoms. The Hall–Kier alpha value is -3.91. The van der Waals surface area contributed by atoms with Gasteiger partial charge in [0.2, 0.25) is 5.89 Å². The van der Waals surface area contributed by atoms with Crippen LogP contribution in [0.15, 0.2) is 59.0 Å². The second kappa shape index (κ2) is 10.8. The predicted molar refractivity (Wildman–Crippen MR) is 146 cm³/mol. The number of hydrogen-bond donors (Lipinski definition) is 2. The molecule has 3 aromatic carbocycles. The van der Waals surface area contributed by atoms with E-state index in [1.165, 1.54) is 19.8 Å². The van der Waals surface area contributed by atoms with E-state index in [1.807, 2.05) is 31.2 Å². The number of fused-ring (bicyclic) bond motifs is 1. The first-order chi connectivity index (χ1) is 17.3. The maximum absolute atomic E-state index is 13.0. The molecule has 0 spiro atoms. The molecule has 2 N–H and O–H groups in total. The zero-order chi connectivity index (χ0) is 25.8. The Kier molecular flexibility index (Phi) is 7.55. The van der Waals surface area contributed by atoms with Crippen LogP contribution < -0.4 is 20.1 Å².